The van der Waals surface area contributed by atoms with E-state index in [0.717, 1.165) is 22.7 Å². The highest BCUT2D eigenvalue weighted by Crippen LogP contribution is 2.17. The Kier molecular flexibility index (Phi) is 3.10. The lowest BCUT2D eigenvalue weighted by molar-refractivity contribution is 0.414. The van der Waals surface area contributed by atoms with Gasteiger partial charge in [-0.25, -0.2) is 4.68 Å². The first-order chi connectivity index (χ1) is 8.24. The van der Waals surface area contributed by atoms with Crippen molar-refractivity contribution < 1.29 is 4.74 Å². The van der Waals surface area contributed by atoms with E-state index in [1.54, 1.807) is 11.8 Å². The first-order valence-electron chi connectivity index (χ1n) is 5.31. The quantitative estimate of drug-likeness (QED) is 0.808. The highest BCUT2D eigenvalue weighted by molar-refractivity contribution is 5.39. The van der Waals surface area contributed by atoms with Crippen molar-refractivity contribution in [1.82, 2.24) is 9.78 Å². The minimum atomic E-state index is 0.385. The number of aromatic nitrogens is 2. The van der Waals surface area contributed by atoms with E-state index in [4.69, 9.17) is 10.00 Å². The summed E-state index contributed by atoms with van der Waals surface area (Å²) in [7, 11) is 1.63. The van der Waals surface area contributed by atoms with Gasteiger partial charge in [-0.2, -0.15) is 10.4 Å². The van der Waals surface area contributed by atoms with Gasteiger partial charge >= 0.3 is 0 Å². The smallest absolute Gasteiger partial charge is 0.121 e. The molecule has 1 aromatic heterocycles. The van der Waals surface area contributed by atoms with Crippen LogP contribution in [0.25, 0.3) is 5.69 Å². The summed E-state index contributed by atoms with van der Waals surface area (Å²) in [5.41, 5.74) is 2.77. The molecule has 0 radical (unpaired) electrons. The first-order valence-corrected chi connectivity index (χ1v) is 5.31. The molecule has 0 fully saturated rings. The van der Waals surface area contributed by atoms with Gasteiger partial charge in [-0.05, 0) is 19.1 Å². The minimum Gasteiger partial charge on any atom is -0.497 e. The van der Waals surface area contributed by atoms with Gasteiger partial charge in [0.25, 0.3) is 0 Å². The molecule has 0 N–H and O–H groups in total. The van der Waals surface area contributed by atoms with Crippen LogP contribution in [0.1, 0.15) is 11.3 Å². The molecule has 86 valence electrons. The van der Waals surface area contributed by atoms with Crippen LogP contribution in [0.3, 0.4) is 0 Å². The second-order valence-electron chi connectivity index (χ2n) is 3.72. The Balaban J connectivity index is 2.39. The van der Waals surface area contributed by atoms with Crippen LogP contribution >= 0.6 is 0 Å². The molecule has 0 atom stereocenters. The predicted molar refractivity (Wildman–Crippen MR) is 64.2 cm³/mol. The van der Waals surface area contributed by atoms with E-state index < -0.39 is 0 Å². The Labute approximate surface area is 100 Å². The van der Waals surface area contributed by atoms with Crippen LogP contribution in [0, 0.1) is 18.3 Å². The maximum Gasteiger partial charge on any atom is 0.121 e. The first kappa shape index (κ1) is 11.2. The highest BCUT2D eigenvalue weighted by Gasteiger charge is 2.06. The molecular formula is C13H13N3O. The van der Waals surface area contributed by atoms with Crippen LogP contribution in [-0.2, 0) is 6.42 Å². The van der Waals surface area contributed by atoms with Crippen LogP contribution < -0.4 is 4.74 Å². The van der Waals surface area contributed by atoms with E-state index in [1.807, 2.05) is 37.4 Å². The van der Waals surface area contributed by atoms with Crippen molar-refractivity contribution >= 4 is 0 Å². The van der Waals surface area contributed by atoms with Crippen molar-refractivity contribution in [2.75, 3.05) is 7.11 Å². The van der Waals surface area contributed by atoms with Crippen LogP contribution in [0.15, 0.2) is 30.5 Å². The lowest BCUT2D eigenvalue weighted by Crippen LogP contribution is -1.95. The van der Waals surface area contributed by atoms with Gasteiger partial charge in [0.1, 0.15) is 5.75 Å². The van der Waals surface area contributed by atoms with Crippen molar-refractivity contribution in [3.63, 3.8) is 0 Å². The third-order valence-corrected chi connectivity index (χ3v) is 2.59. The van der Waals surface area contributed by atoms with Gasteiger partial charge in [-0.15, -0.1) is 0 Å². The number of benzene rings is 1. The van der Waals surface area contributed by atoms with E-state index in [2.05, 4.69) is 11.2 Å². The molecule has 2 rings (SSSR count). The van der Waals surface area contributed by atoms with Crippen molar-refractivity contribution in [3.05, 3.63) is 41.7 Å². The number of nitriles is 1. The minimum absolute atomic E-state index is 0.385. The van der Waals surface area contributed by atoms with Crippen molar-refractivity contribution in [1.29, 1.82) is 5.26 Å². The number of hydrogen-bond donors (Lipinski definition) is 0. The maximum atomic E-state index is 8.70. The second kappa shape index (κ2) is 4.71. The van der Waals surface area contributed by atoms with Gasteiger partial charge in [0.05, 0.1) is 31.0 Å². The summed E-state index contributed by atoms with van der Waals surface area (Å²) in [5.74, 6) is 0.789. The molecule has 4 nitrogen and oxygen atoms in total. The highest BCUT2D eigenvalue weighted by atomic mass is 16.5. The topological polar surface area (TPSA) is 50.8 Å². The average Bonchev–Trinajstić information content (AvgIpc) is 2.72. The average molecular weight is 227 g/mol. The number of methoxy groups -OCH3 is 1. The van der Waals surface area contributed by atoms with Gasteiger partial charge in [-0.1, -0.05) is 6.07 Å². The molecule has 0 aliphatic rings. The van der Waals surface area contributed by atoms with Gasteiger partial charge in [0, 0.05) is 17.8 Å². The molecule has 1 aromatic carbocycles. The molecule has 0 bridgehead atoms. The standard InChI is InChI=1S/C13H13N3O/c1-10-11(6-7-14)9-16(15-10)12-4-3-5-13(8-12)17-2/h3-5,8-9H,6H2,1-2H3. The number of ether oxygens (including phenoxy) is 1. The van der Waals surface area contributed by atoms with Crippen LogP contribution in [0.5, 0.6) is 5.75 Å². The third kappa shape index (κ3) is 2.28. The van der Waals surface area contributed by atoms with E-state index >= 15 is 0 Å². The van der Waals surface area contributed by atoms with Crippen LogP contribution in [-0.4, -0.2) is 16.9 Å². The predicted octanol–water partition coefficient (Wildman–Crippen LogP) is 2.26. The fourth-order valence-electron chi connectivity index (χ4n) is 1.64. The molecule has 0 aliphatic carbocycles. The largest absolute Gasteiger partial charge is 0.497 e. The summed E-state index contributed by atoms with van der Waals surface area (Å²) < 4.78 is 6.94. The fraction of sp³-hybridized carbons (Fsp3) is 0.231. The fourth-order valence-corrected chi connectivity index (χ4v) is 1.64. The van der Waals surface area contributed by atoms with Crippen molar-refractivity contribution in [2.45, 2.75) is 13.3 Å². The van der Waals surface area contributed by atoms with Crippen molar-refractivity contribution in [3.8, 4) is 17.5 Å². The summed E-state index contributed by atoms with van der Waals surface area (Å²) in [6.45, 7) is 1.91. The molecule has 0 saturated carbocycles. The molecular weight excluding hydrogens is 214 g/mol. The van der Waals surface area contributed by atoms with E-state index in [-0.39, 0.29) is 0 Å². The lowest BCUT2D eigenvalue weighted by Gasteiger charge is -2.03. The molecule has 0 aliphatic heterocycles. The number of aryl methyl sites for hydroxylation is 1. The second-order valence-corrected chi connectivity index (χ2v) is 3.72. The number of nitrogens with zero attached hydrogens (tertiary/aromatic N) is 3. The van der Waals surface area contributed by atoms with E-state index in [0.29, 0.717) is 6.42 Å². The Bertz CT molecular complexity index is 566. The molecule has 0 saturated heterocycles. The normalized spacial score (nSPS) is 9.94. The zero-order valence-electron chi connectivity index (χ0n) is 9.84. The SMILES string of the molecule is COc1cccc(-n2cc(CC#N)c(C)n2)c1. The Morgan fingerprint density at radius 3 is 3.00 bits per heavy atom. The molecule has 0 unspecified atom stereocenters. The molecule has 17 heavy (non-hydrogen) atoms. The van der Waals surface area contributed by atoms with Gasteiger partial charge < -0.3 is 4.74 Å². The summed E-state index contributed by atoms with van der Waals surface area (Å²) in [5, 5.41) is 13.1. The van der Waals surface area contributed by atoms with Gasteiger partial charge in [0.2, 0.25) is 0 Å². The van der Waals surface area contributed by atoms with Crippen molar-refractivity contribution in [2.24, 2.45) is 0 Å². The van der Waals surface area contributed by atoms with Gasteiger partial charge in [-0.3, -0.25) is 0 Å². The Hall–Kier alpha value is -2.28. The maximum absolute atomic E-state index is 8.70. The van der Waals surface area contributed by atoms with Crippen LogP contribution in [0.2, 0.25) is 0 Å². The lowest BCUT2D eigenvalue weighted by atomic mass is 10.2. The van der Waals surface area contributed by atoms with Crippen LogP contribution in [0.4, 0.5) is 0 Å². The molecule has 2 aromatic rings. The Morgan fingerprint density at radius 1 is 1.47 bits per heavy atom. The van der Waals surface area contributed by atoms with Gasteiger partial charge in [0.15, 0.2) is 0 Å². The summed E-state index contributed by atoms with van der Waals surface area (Å²) in [4.78, 5) is 0. The van der Waals surface area contributed by atoms with E-state index in [1.165, 1.54) is 0 Å². The number of hydrogen-bond acceptors (Lipinski definition) is 3. The molecule has 4 heteroatoms. The summed E-state index contributed by atoms with van der Waals surface area (Å²) in [6.07, 6.45) is 2.27. The number of rotatable bonds is 3. The molecule has 1 heterocycles. The molecule has 0 spiro atoms. The summed E-state index contributed by atoms with van der Waals surface area (Å²) in [6, 6.07) is 9.79. The Morgan fingerprint density at radius 2 is 2.29 bits per heavy atom. The monoisotopic (exact) mass is 227 g/mol. The zero-order chi connectivity index (χ0) is 12.3. The zero-order valence-corrected chi connectivity index (χ0v) is 9.84. The van der Waals surface area contributed by atoms with E-state index in [9.17, 15) is 0 Å². The summed E-state index contributed by atoms with van der Waals surface area (Å²) >= 11 is 0. The third-order valence-electron chi connectivity index (χ3n) is 2.59. The molecule has 0 amide bonds.